The minimum absolute atomic E-state index is 0.228. The number of para-hydroxylation sites is 1. The van der Waals surface area contributed by atoms with Gasteiger partial charge in [-0.2, -0.15) is 5.26 Å². The molecule has 1 aromatic heterocycles. The van der Waals surface area contributed by atoms with Gasteiger partial charge >= 0.3 is 0 Å². The fourth-order valence-electron chi connectivity index (χ4n) is 2.33. The third-order valence-electron chi connectivity index (χ3n) is 3.59. The van der Waals surface area contributed by atoms with Gasteiger partial charge in [-0.05, 0) is 42.0 Å². The lowest BCUT2D eigenvalue weighted by atomic mass is 10.1. The summed E-state index contributed by atoms with van der Waals surface area (Å²) >= 11 is 0. The number of anilines is 1. The minimum Gasteiger partial charge on any atom is -0.295 e. The van der Waals surface area contributed by atoms with Crippen molar-refractivity contribution in [2.75, 3.05) is 5.43 Å². The van der Waals surface area contributed by atoms with E-state index < -0.39 is 0 Å². The van der Waals surface area contributed by atoms with Crippen LogP contribution in [0.4, 0.5) is 5.69 Å². The van der Waals surface area contributed by atoms with Crippen molar-refractivity contribution >= 4 is 11.6 Å². The molecule has 5 nitrogen and oxygen atoms in total. The number of hydrogen-bond acceptors (Lipinski definition) is 4. The van der Waals surface area contributed by atoms with Gasteiger partial charge in [-0.1, -0.05) is 36.4 Å². The Labute approximate surface area is 146 Å². The summed E-state index contributed by atoms with van der Waals surface area (Å²) in [7, 11) is 0. The predicted octanol–water partition coefficient (Wildman–Crippen LogP) is 3.62. The van der Waals surface area contributed by atoms with Gasteiger partial charge in [0.2, 0.25) is 0 Å². The Morgan fingerprint density at radius 2 is 1.72 bits per heavy atom. The zero-order valence-electron chi connectivity index (χ0n) is 13.5. The highest BCUT2D eigenvalue weighted by atomic mass is 16.2. The van der Waals surface area contributed by atoms with Crippen LogP contribution in [0, 0.1) is 11.3 Å². The van der Waals surface area contributed by atoms with Crippen LogP contribution in [0.2, 0.25) is 0 Å². The SMILES string of the molecule is N#Cc1ccc(CN(Nc2ccccc2)C(=O)c2ccccn2)cc1. The quantitative estimate of drug-likeness (QED) is 0.726. The number of nitrogens with one attached hydrogen (secondary N) is 1. The number of rotatable bonds is 5. The van der Waals surface area contributed by atoms with Crippen molar-refractivity contribution in [1.82, 2.24) is 9.99 Å². The Hall–Kier alpha value is -3.65. The van der Waals surface area contributed by atoms with Crippen molar-refractivity contribution in [2.45, 2.75) is 6.54 Å². The lowest BCUT2D eigenvalue weighted by Crippen LogP contribution is -2.36. The van der Waals surface area contributed by atoms with Gasteiger partial charge < -0.3 is 0 Å². The van der Waals surface area contributed by atoms with Crippen LogP contribution in [0.3, 0.4) is 0 Å². The van der Waals surface area contributed by atoms with Crippen molar-refractivity contribution in [1.29, 1.82) is 5.26 Å². The van der Waals surface area contributed by atoms with Crippen LogP contribution < -0.4 is 5.43 Å². The number of aromatic nitrogens is 1. The summed E-state index contributed by atoms with van der Waals surface area (Å²) < 4.78 is 0. The molecular weight excluding hydrogens is 312 g/mol. The highest BCUT2D eigenvalue weighted by molar-refractivity contribution is 5.93. The summed E-state index contributed by atoms with van der Waals surface area (Å²) in [5.74, 6) is -0.228. The van der Waals surface area contributed by atoms with Crippen LogP contribution in [0.1, 0.15) is 21.6 Å². The number of amides is 1. The number of carbonyl (C=O) groups excluding carboxylic acids is 1. The molecule has 0 bridgehead atoms. The number of hydrogen-bond donors (Lipinski definition) is 1. The first-order valence-corrected chi connectivity index (χ1v) is 7.80. The molecule has 0 unspecified atom stereocenters. The van der Waals surface area contributed by atoms with Crippen LogP contribution >= 0.6 is 0 Å². The Kier molecular flexibility index (Phi) is 5.03. The summed E-state index contributed by atoms with van der Waals surface area (Å²) in [5.41, 5.74) is 5.79. The molecular formula is C20H16N4O. The van der Waals surface area contributed by atoms with Gasteiger partial charge in [0.1, 0.15) is 5.69 Å². The third kappa shape index (κ3) is 4.21. The lowest BCUT2D eigenvalue weighted by molar-refractivity contribution is 0.0777. The first-order chi connectivity index (χ1) is 12.3. The summed E-state index contributed by atoms with van der Waals surface area (Å²) in [6, 6.07) is 23.9. The van der Waals surface area contributed by atoms with Crippen LogP contribution in [0.5, 0.6) is 0 Å². The number of hydrazine groups is 1. The maximum absolute atomic E-state index is 12.8. The second-order valence-corrected chi connectivity index (χ2v) is 5.39. The molecule has 1 heterocycles. The maximum atomic E-state index is 12.8. The predicted molar refractivity (Wildman–Crippen MR) is 95.3 cm³/mol. The summed E-state index contributed by atoms with van der Waals surface area (Å²) in [4.78, 5) is 17.0. The maximum Gasteiger partial charge on any atom is 0.291 e. The molecule has 3 aromatic rings. The molecule has 0 aliphatic carbocycles. The number of carbonyl (C=O) groups is 1. The molecule has 25 heavy (non-hydrogen) atoms. The smallest absolute Gasteiger partial charge is 0.291 e. The standard InChI is InChI=1S/C20H16N4O/c21-14-16-9-11-17(12-10-16)15-24(23-18-6-2-1-3-7-18)20(25)19-8-4-5-13-22-19/h1-13,23H,15H2. The lowest BCUT2D eigenvalue weighted by Gasteiger charge is -2.24. The fraction of sp³-hybridized carbons (Fsp3) is 0.0500. The molecule has 0 spiro atoms. The van der Waals surface area contributed by atoms with Crippen LogP contribution in [-0.2, 0) is 6.54 Å². The van der Waals surface area contributed by atoms with E-state index in [0.717, 1.165) is 11.3 Å². The number of pyridine rings is 1. The monoisotopic (exact) mass is 328 g/mol. The average Bonchev–Trinajstić information content (AvgIpc) is 2.69. The molecule has 0 aliphatic heterocycles. The highest BCUT2D eigenvalue weighted by Crippen LogP contribution is 2.13. The van der Waals surface area contributed by atoms with E-state index in [1.165, 1.54) is 5.01 Å². The molecule has 0 atom stereocenters. The molecule has 0 radical (unpaired) electrons. The second kappa shape index (κ2) is 7.75. The normalized spacial score (nSPS) is 9.88. The molecule has 0 saturated heterocycles. The fourth-order valence-corrected chi connectivity index (χ4v) is 2.33. The van der Waals surface area contributed by atoms with Crippen molar-refractivity contribution < 1.29 is 4.79 Å². The van der Waals surface area contributed by atoms with Gasteiger partial charge in [0.25, 0.3) is 5.91 Å². The molecule has 5 heteroatoms. The van der Waals surface area contributed by atoms with Gasteiger partial charge in [-0.15, -0.1) is 0 Å². The highest BCUT2D eigenvalue weighted by Gasteiger charge is 2.17. The first kappa shape index (κ1) is 16.2. The van der Waals surface area contributed by atoms with Crippen LogP contribution in [-0.4, -0.2) is 15.9 Å². The van der Waals surface area contributed by atoms with E-state index >= 15 is 0 Å². The molecule has 0 fully saturated rings. The summed E-state index contributed by atoms with van der Waals surface area (Å²) in [6.45, 7) is 0.343. The summed E-state index contributed by atoms with van der Waals surface area (Å²) in [6.07, 6.45) is 1.59. The molecule has 3 rings (SSSR count). The van der Waals surface area contributed by atoms with Gasteiger partial charge in [-0.25, -0.2) is 5.01 Å². The third-order valence-corrected chi connectivity index (χ3v) is 3.59. The summed E-state index contributed by atoms with van der Waals surface area (Å²) in [5, 5.41) is 10.4. The van der Waals surface area contributed by atoms with Crippen molar-refractivity contribution in [3.8, 4) is 6.07 Å². The molecule has 2 aromatic carbocycles. The first-order valence-electron chi connectivity index (χ1n) is 7.80. The zero-order chi connectivity index (χ0) is 17.5. The van der Waals surface area contributed by atoms with Gasteiger partial charge in [0.15, 0.2) is 0 Å². The van der Waals surface area contributed by atoms with E-state index in [1.807, 2.05) is 42.5 Å². The Morgan fingerprint density at radius 1 is 1.00 bits per heavy atom. The van der Waals surface area contributed by atoms with E-state index in [2.05, 4.69) is 16.5 Å². The van der Waals surface area contributed by atoms with Crippen molar-refractivity contribution in [2.24, 2.45) is 0 Å². The minimum atomic E-state index is -0.228. The zero-order valence-corrected chi connectivity index (χ0v) is 13.5. The molecule has 0 aliphatic rings. The average molecular weight is 328 g/mol. The number of nitriles is 1. The van der Waals surface area contributed by atoms with E-state index in [0.29, 0.717) is 17.8 Å². The van der Waals surface area contributed by atoms with Gasteiger partial charge in [-0.3, -0.25) is 15.2 Å². The van der Waals surface area contributed by atoms with Gasteiger partial charge in [0, 0.05) is 6.20 Å². The van der Waals surface area contributed by atoms with Crippen LogP contribution in [0.15, 0.2) is 79.0 Å². The Balaban J connectivity index is 1.85. The van der Waals surface area contributed by atoms with Crippen molar-refractivity contribution in [3.05, 3.63) is 95.8 Å². The molecule has 1 N–H and O–H groups in total. The number of nitrogens with zero attached hydrogens (tertiary/aromatic N) is 3. The van der Waals surface area contributed by atoms with E-state index in [9.17, 15) is 4.79 Å². The molecule has 122 valence electrons. The second-order valence-electron chi connectivity index (χ2n) is 5.39. The number of benzene rings is 2. The Bertz CT molecular complexity index is 871. The molecule has 0 saturated carbocycles. The van der Waals surface area contributed by atoms with E-state index in [1.54, 1.807) is 36.5 Å². The van der Waals surface area contributed by atoms with E-state index in [4.69, 9.17) is 5.26 Å². The molecule has 1 amide bonds. The largest absolute Gasteiger partial charge is 0.295 e. The van der Waals surface area contributed by atoms with Gasteiger partial charge in [0.05, 0.1) is 23.9 Å². The van der Waals surface area contributed by atoms with Crippen molar-refractivity contribution in [3.63, 3.8) is 0 Å². The van der Waals surface area contributed by atoms with Crippen LogP contribution in [0.25, 0.3) is 0 Å². The Morgan fingerprint density at radius 3 is 2.36 bits per heavy atom. The van der Waals surface area contributed by atoms with E-state index in [-0.39, 0.29) is 5.91 Å². The topological polar surface area (TPSA) is 69.0 Å².